The van der Waals surface area contributed by atoms with E-state index in [-0.39, 0.29) is 11.2 Å². The summed E-state index contributed by atoms with van der Waals surface area (Å²) in [5.74, 6) is -5.41. The normalized spacial score (nSPS) is 13.5. The molecular weight excluding hydrogens is 497 g/mol. The van der Waals surface area contributed by atoms with Crippen LogP contribution in [0.1, 0.15) is 33.1 Å². The number of hydrogen-bond acceptors (Lipinski definition) is 6. The standard InChI is InChI=1S/C14H25BrN4O5.C2HF3O2/c1-8(12(21)18-9(2)14(23)24)17-13(22)10(5-3-4-6-16)19-11(20)7-15;3-2(4,5)1(6)7/h8-10H,3-7,16H2,1-2H3,(H,17,22)(H,18,21)(H,19,20)(H,23,24);(H,6,7)/t8-,9-,10+;/m1./s1. The van der Waals surface area contributed by atoms with Crippen molar-refractivity contribution in [2.24, 2.45) is 5.73 Å². The van der Waals surface area contributed by atoms with Gasteiger partial charge in [0.15, 0.2) is 0 Å². The molecule has 0 aliphatic heterocycles. The second-order valence-electron chi connectivity index (χ2n) is 6.14. The molecule has 15 heteroatoms. The first-order chi connectivity index (χ1) is 14.2. The number of carbonyl (C=O) groups excluding carboxylic acids is 3. The number of alkyl halides is 4. The molecule has 0 aromatic heterocycles. The summed E-state index contributed by atoms with van der Waals surface area (Å²) in [6, 6.07) is -2.78. The van der Waals surface area contributed by atoms with E-state index in [1.807, 2.05) is 0 Å². The average Bonchev–Trinajstić information content (AvgIpc) is 2.66. The SMILES string of the molecule is C[C@@H](NC(=O)[C@@H](C)NC(=O)[C@H](CCCCN)NC(=O)CBr)C(=O)O.O=C(O)C(F)(F)F. The molecule has 0 fully saturated rings. The topological polar surface area (TPSA) is 188 Å². The lowest BCUT2D eigenvalue weighted by Crippen LogP contribution is -2.54. The minimum Gasteiger partial charge on any atom is -0.480 e. The van der Waals surface area contributed by atoms with Crippen molar-refractivity contribution < 1.29 is 47.4 Å². The lowest BCUT2D eigenvalue weighted by atomic mass is 10.1. The largest absolute Gasteiger partial charge is 0.490 e. The van der Waals surface area contributed by atoms with Crippen molar-refractivity contribution in [3.05, 3.63) is 0 Å². The van der Waals surface area contributed by atoms with E-state index < -0.39 is 48.1 Å². The Hall–Kier alpha value is -2.42. The predicted octanol–water partition coefficient (Wildman–Crippen LogP) is -0.278. The fraction of sp³-hybridized carbons (Fsp3) is 0.688. The van der Waals surface area contributed by atoms with Gasteiger partial charge in [0, 0.05) is 0 Å². The van der Waals surface area contributed by atoms with Crippen LogP contribution in [-0.4, -0.2) is 76.0 Å². The summed E-state index contributed by atoms with van der Waals surface area (Å²) in [5, 5.41) is 23.2. The highest BCUT2D eigenvalue weighted by Crippen LogP contribution is 2.13. The van der Waals surface area contributed by atoms with Crippen LogP contribution in [0.3, 0.4) is 0 Å². The van der Waals surface area contributed by atoms with E-state index in [0.717, 1.165) is 0 Å². The molecule has 0 aromatic carbocycles. The minimum atomic E-state index is -5.08. The van der Waals surface area contributed by atoms with Crippen molar-refractivity contribution in [3.8, 4) is 0 Å². The van der Waals surface area contributed by atoms with Crippen LogP contribution in [0.15, 0.2) is 0 Å². The highest BCUT2D eigenvalue weighted by atomic mass is 79.9. The van der Waals surface area contributed by atoms with Crippen LogP contribution in [-0.2, 0) is 24.0 Å². The number of carbonyl (C=O) groups is 5. The fourth-order valence-electron chi connectivity index (χ4n) is 1.77. The maximum atomic E-state index is 12.3. The molecule has 7 N–H and O–H groups in total. The van der Waals surface area contributed by atoms with Crippen LogP contribution in [0.5, 0.6) is 0 Å². The molecule has 0 heterocycles. The first-order valence-corrected chi connectivity index (χ1v) is 9.98. The molecular formula is C16H26BrF3N4O7. The Balaban J connectivity index is 0. The molecule has 0 radical (unpaired) electrons. The molecule has 0 rings (SSSR count). The van der Waals surface area contributed by atoms with Crippen molar-refractivity contribution in [3.63, 3.8) is 0 Å². The molecule has 11 nitrogen and oxygen atoms in total. The number of hydrogen-bond donors (Lipinski definition) is 6. The molecule has 0 aromatic rings. The van der Waals surface area contributed by atoms with Gasteiger partial charge >= 0.3 is 18.1 Å². The molecule has 180 valence electrons. The summed E-state index contributed by atoms with van der Waals surface area (Å²) >= 11 is 3.01. The van der Waals surface area contributed by atoms with Crippen LogP contribution in [0.2, 0.25) is 0 Å². The molecule has 0 saturated carbocycles. The van der Waals surface area contributed by atoms with Gasteiger partial charge in [-0.15, -0.1) is 0 Å². The fourth-order valence-corrected chi connectivity index (χ4v) is 1.94. The number of rotatable bonds is 11. The van der Waals surface area contributed by atoms with E-state index in [1.54, 1.807) is 0 Å². The van der Waals surface area contributed by atoms with Gasteiger partial charge in [0.05, 0.1) is 5.33 Å². The highest BCUT2D eigenvalue weighted by Gasteiger charge is 2.38. The van der Waals surface area contributed by atoms with Gasteiger partial charge in [0.2, 0.25) is 17.7 Å². The Kier molecular flexibility index (Phi) is 15.3. The van der Waals surface area contributed by atoms with Crippen LogP contribution >= 0.6 is 15.9 Å². The Morgan fingerprint density at radius 1 is 0.935 bits per heavy atom. The van der Waals surface area contributed by atoms with Gasteiger partial charge in [0.25, 0.3) is 0 Å². The van der Waals surface area contributed by atoms with Gasteiger partial charge < -0.3 is 31.9 Å². The molecule has 3 atom stereocenters. The summed E-state index contributed by atoms with van der Waals surface area (Å²) in [6.07, 6.45) is -3.34. The highest BCUT2D eigenvalue weighted by molar-refractivity contribution is 9.09. The summed E-state index contributed by atoms with van der Waals surface area (Å²) < 4.78 is 31.7. The van der Waals surface area contributed by atoms with Crippen molar-refractivity contribution in [1.82, 2.24) is 16.0 Å². The molecule has 0 spiro atoms. The zero-order chi connectivity index (χ0) is 24.8. The lowest BCUT2D eigenvalue weighted by molar-refractivity contribution is -0.192. The molecule has 31 heavy (non-hydrogen) atoms. The molecule has 0 aliphatic carbocycles. The van der Waals surface area contributed by atoms with Crippen molar-refractivity contribution in [2.45, 2.75) is 57.4 Å². The zero-order valence-electron chi connectivity index (χ0n) is 16.8. The van der Waals surface area contributed by atoms with Crippen molar-refractivity contribution in [2.75, 3.05) is 11.9 Å². The van der Waals surface area contributed by atoms with Gasteiger partial charge in [-0.2, -0.15) is 13.2 Å². The minimum absolute atomic E-state index is 0.0554. The van der Waals surface area contributed by atoms with E-state index in [9.17, 15) is 32.3 Å². The summed E-state index contributed by atoms with van der Waals surface area (Å²) in [4.78, 5) is 55.2. The Morgan fingerprint density at radius 2 is 1.42 bits per heavy atom. The van der Waals surface area contributed by atoms with E-state index in [1.165, 1.54) is 13.8 Å². The molecule has 0 bridgehead atoms. The number of nitrogens with one attached hydrogen (secondary N) is 3. The Labute approximate surface area is 184 Å². The van der Waals surface area contributed by atoms with E-state index in [2.05, 4.69) is 31.9 Å². The monoisotopic (exact) mass is 522 g/mol. The number of carboxylic acid groups (broad SMARTS) is 2. The van der Waals surface area contributed by atoms with Crippen LogP contribution < -0.4 is 21.7 Å². The maximum absolute atomic E-state index is 12.3. The molecule has 0 aliphatic rings. The van der Waals surface area contributed by atoms with Crippen LogP contribution in [0, 0.1) is 0 Å². The number of halogens is 4. The molecule has 0 saturated heterocycles. The summed E-state index contributed by atoms with van der Waals surface area (Å²) in [7, 11) is 0. The maximum Gasteiger partial charge on any atom is 0.490 e. The number of nitrogens with two attached hydrogens (primary N) is 1. The number of unbranched alkanes of at least 4 members (excludes halogenated alkanes) is 1. The van der Waals surface area contributed by atoms with Gasteiger partial charge in [-0.05, 0) is 39.7 Å². The summed E-state index contributed by atoms with van der Waals surface area (Å²) in [6.45, 7) is 3.23. The van der Waals surface area contributed by atoms with Crippen LogP contribution in [0.4, 0.5) is 13.2 Å². The zero-order valence-corrected chi connectivity index (χ0v) is 18.4. The van der Waals surface area contributed by atoms with E-state index in [4.69, 9.17) is 20.7 Å². The van der Waals surface area contributed by atoms with Gasteiger partial charge in [0.1, 0.15) is 18.1 Å². The first kappa shape index (κ1) is 30.8. The number of amides is 3. The van der Waals surface area contributed by atoms with E-state index in [0.29, 0.717) is 25.8 Å². The van der Waals surface area contributed by atoms with Gasteiger partial charge in [-0.1, -0.05) is 15.9 Å². The average molecular weight is 523 g/mol. The first-order valence-electron chi connectivity index (χ1n) is 8.86. The van der Waals surface area contributed by atoms with Crippen molar-refractivity contribution >= 4 is 45.6 Å². The predicted molar refractivity (Wildman–Crippen MR) is 105 cm³/mol. The van der Waals surface area contributed by atoms with Crippen LogP contribution in [0.25, 0.3) is 0 Å². The van der Waals surface area contributed by atoms with E-state index >= 15 is 0 Å². The third-order valence-corrected chi connectivity index (χ3v) is 3.95. The Morgan fingerprint density at radius 3 is 1.81 bits per heavy atom. The molecule has 0 unspecified atom stereocenters. The third kappa shape index (κ3) is 15.1. The quantitative estimate of drug-likeness (QED) is 0.158. The van der Waals surface area contributed by atoms with Gasteiger partial charge in [-0.25, -0.2) is 4.79 Å². The smallest absolute Gasteiger partial charge is 0.480 e. The number of aliphatic carboxylic acids is 2. The second kappa shape index (κ2) is 15.4. The number of carboxylic acids is 2. The molecule has 3 amide bonds. The Bertz CT molecular complexity index is 635. The summed E-state index contributed by atoms with van der Waals surface area (Å²) in [5.41, 5.74) is 5.41. The lowest BCUT2D eigenvalue weighted by Gasteiger charge is -2.21. The third-order valence-electron chi connectivity index (χ3n) is 3.44. The second-order valence-corrected chi connectivity index (χ2v) is 6.70. The van der Waals surface area contributed by atoms with Crippen molar-refractivity contribution in [1.29, 1.82) is 0 Å². The van der Waals surface area contributed by atoms with Gasteiger partial charge in [-0.3, -0.25) is 19.2 Å².